The average molecular weight is 661 g/mol. The summed E-state index contributed by atoms with van der Waals surface area (Å²) in [4.78, 5) is 20.8. The van der Waals surface area contributed by atoms with Gasteiger partial charge in [0.15, 0.2) is 0 Å². The second-order valence-electron chi connectivity index (χ2n) is 8.78. The molecule has 0 rings (SSSR count). The molecular formula is C28H56N2O15. The van der Waals surface area contributed by atoms with Crippen molar-refractivity contribution in [2.45, 2.75) is 6.42 Å². The lowest BCUT2D eigenvalue weighted by Crippen LogP contribution is -2.32. The third-order valence-corrected chi connectivity index (χ3v) is 5.10. The zero-order valence-corrected chi connectivity index (χ0v) is 26.6. The van der Waals surface area contributed by atoms with Crippen molar-refractivity contribution >= 4 is 12.0 Å². The molecule has 0 radical (unpaired) electrons. The summed E-state index contributed by atoms with van der Waals surface area (Å²) < 4.78 is 64.5. The molecule has 17 nitrogen and oxygen atoms in total. The average Bonchev–Trinajstić information content (AvgIpc) is 3.02. The number of urea groups is 1. The maximum Gasteiger partial charge on any atom is 0.312 e. The van der Waals surface area contributed by atoms with Gasteiger partial charge in [-0.05, 0) is 0 Å². The highest BCUT2D eigenvalue weighted by atomic mass is 16.6. The second kappa shape index (κ2) is 38.4. The van der Waals surface area contributed by atoms with Crippen LogP contribution >= 0.6 is 0 Å². The molecular weight excluding hydrogens is 604 g/mol. The van der Waals surface area contributed by atoms with Gasteiger partial charge in [-0.25, -0.2) is 4.79 Å². The Bertz CT molecular complexity index is 573. The number of primary amides is 1. The molecule has 268 valence electrons. The van der Waals surface area contributed by atoms with E-state index in [1.807, 2.05) is 0 Å². The fraction of sp³-hybridized carbons (Fsp3) is 0.929. The molecule has 17 heteroatoms. The van der Waals surface area contributed by atoms with E-state index in [0.717, 1.165) is 0 Å². The van der Waals surface area contributed by atoms with Gasteiger partial charge < -0.3 is 73.0 Å². The molecule has 0 aliphatic rings. The van der Waals surface area contributed by atoms with Crippen LogP contribution < -0.4 is 11.1 Å². The van der Waals surface area contributed by atoms with Gasteiger partial charge in [-0.1, -0.05) is 0 Å². The predicted molar refractivity (Wildman–Crippen MR) is 160 cm³/mol. The molecule has 0 unspecified atom stereocenters. The fourth-order valence-electron chi connectivity index (χ4n) is 2.93. The molecule has 2 amide bonds. The van der Waals surface area contributed by atoms with E-state index in [9.17, 15) is 9.59 Å². The van der Waals surface area contributed by atoms with Crippen LogP contribution in [0.25, 0.3) is 0 Å². The standard InChI is InChI=1S/C28H56N2O15/c29-28(33)30-2-4-35-6-8-37-10-12-39-14-16-41-18-20-43-22-24-45-26-25-44-23-21-42-19-17-40-15-13-38-11-9-36-7-5-34-3-1-27(31)32/h1-26H2,(H,31,32)(H3,29,30,33). The maximum atomic E-state index is 10.5. The Morgan fingerprint density at radius 2 is 0.578 bits per heavy atom. The number of aliphatic carboxylic acids is 1. The molecule has 0 saturated heterocycles. The second-order valence-corrected chi connectivity index (χ2v) is 8.78. The Morgan fingerprint density at radius 1 is 0.378 bits per heavy atom. The van der Waals surface area contributed by atoms with Crippen LogP contribution in [0, 0.1) is 0 Å². The van der Waals surface area contributed by atoms with Crippen LogP contribution in [0.3, 0.4) is 0 Å². The zero-order valence-electron chi connectivity index (χ0n) is 26.6. The van der Waals surface area contributed by atoms with E-state index in [1.165, 1.54) is 0 Å². The number of hydrogen-bond donors (Lipinski definition) is 3. The summed E-state index contributed by atoms with van der Waals surface area (Å²) in [6.07, 6.45) is -0.00607. The summed E-state index contributed by atoms with van der Waals surface area (Å²) in [5, 5.41) is 10.9. The molecule has 0 aromatic heterocycles. The van der Waals surface area contributed by atoms with Crippen molar-refractivity contribution < 1.29 is 71.5 Å². The van der Waals surface area contributed by atoms with Crippen LogP contribution in [0.2, 0.25) is 0 Å². The summed E-state index contributed by atoms with van der Waals surface area (Å²) in [5.74, 6) is -0.878. The molecule has 0 fully saturated rings. The van der Waals surface area contributed by atoms with Crippen molar-refractivity contribution in [1.29, 1.82) is 0 Å². The largest absolute Gasteiger partial charge is 0.481 e. The van der Waals surface area contributed by atoms with Gasteiger partial charge in [0.2, 0.25) is 0 Å². The zero-order chi connectivity index (χ0) is 32.7. The highest BCUT2D eigenvalue weighted by Crippen LogP contribution is 1.88. The molecule has 0 spiro atoms. The molecule has 0 saturated carbocycles. The Labute approximate surface area is 266 Å². The Hall–Kier alpha value is -1.74. The summed E-state index contributed by atoms with van der Waals surface area (Å²) in [6.45, 7) is 11.2. The van der Waals surface area contributed by atoms with Gasteiger partial charge >= 0.3 is 12.0 Å². The Morgan fingerprint density at radius 3 is 0.778 bits per heavy atom. The van der Waals surface area contributed by atoms with Crippen molar-refractivity contribution in [2.24, 2.45) is 5.73 Å². The van der Waals surface area contributed by atoms with Crippen LogP contribution in [0.1, 0.15) is 6.42 Å². The van der Waals surface area contributed by atoms with Crippen molar-refractivity contribution in [3.63, 3.8) is 0 Å². The number of ether oxygens (including phenoxy) is 12. The van der Waals surface area contributed by atoms with Gasteiger partial charge in [-0.2, -0.15) is 0 Å². The number of carbonyl (C=O) groups is 2. The van der Waals surface area contributed by atoms with Crippen molar-refractivity contribution in [3.8, 4) is 0 Å². The van der Waals surface area contributed by atoms with E-state index in [1.54, 1.807) is 0 Å². The number of nitrogens with two attached hydrogens (primary N) is 1. The highest BCUT2D eigenvalue weighted by molar-refractivity contribution is 5.71. The minimum atomic E-state index is -0.878. The van der Waals surface area contributed by atoms with E-state index in [4.69, 9.17) is 67.7 Å². The lowest BCUT2D eigenvalue weighted by atomic mass is 10.5. The summed E-state index contributed by atoms with van der Waals surface area (Å²) in [5.41, 5.74) is 4.94. The number of carboxylic acid groups (broad SMARTS) is 1. The molecule has 0 aromatic rings. The minimum Gasteiger partial charge on any atom is -0.481 e. The van der Waals surface area contributed by atoms with E-state index < -0.39 is 12.0 Å². The number of hydrogen-bond acceptors (Lipinski definition) is 14. The first-order chi connectivity index (χ1) is 22.1. The highest BCUT2D eigenvalue weighted by Gasteiger charge is 1.98. The fourth-order valence-corrected chi connectivity index (χ4v) is 2.93. The van der Waals surface area contributed by atoms with E-state index in [-0.39, 0.29) is 13.0 Å². The molecule has 4 N–H and O–H groups in total. The smallest absolute Gasteiger partial charge is 0.312 e. The number of carbonyl (C=O) groups excluding carboxylic acids is 1. The van der Waals surface area contributed by atoms with Crippen LogP contribution in [0.15, 0.2) is 0 Å². The molecule has 0 aliphatic carbocycles. The van der Waals surface area contributed by atoms with Crippen LogP contribution in [0.4, 0.5) is 4.79 Å². The summed E-state index contributed by atoms with van der Waals surface area (Å²) >= 11 is 0. The lowest BCUT2D eigenvalue weighted by Gasteiger charge is -2.09. The number of nitrogens with one attached hydrogen (secondary N) is 1. The first-order valence-corrected chi connectivity index (χ1v) is 15.3. The molecule has 0 aliphatic heterocycles. The monoisotopic (exact) mass is 660 g/mol. The van der Waals surface area contributed by atoms with E-state index in [2.05, 4.69) is 5.32 Å². The van der Waals surface area contributed by atoms with Gasteiger partial charge in [0.05, 0.1) is 165 Å². The lowest BCUT2D eigenvalue weighted by molar-refractivity contribution is -0.138. The van der Waals surface area contributed by atoms with E-state index >= 15 is 0 Å². The third kappa shape index (κ3) is 42.3. The topological polar surface area (TPSA) is 203 Å². The quantitative estimate of drug-likeness (QED) is 0.0700. The summed E-state index contributed by atoms with van der Waals surface area (Å²) in [7, 11) is 0. The van der Waals surface area contributed by atoms with Crippen LogP contribution in [0.5, 0.6) is 0 Å². The predicted octanol–water partition coefficient (Wildman–Crippen LogP) is -0.671. The number of carboxylic acids is 1. The summed E-state index contributed by atoms with van der Waals surface area (Å²) in [6, 6.07) is -0.566. The van der Waals surface area contributed by atoms with Gasteiger partial charge in [-0.3, -0.25) is 4.79 Å². The minimum absolute atomic E-state index is 0.00607. The Kier molecular flexibility index (Phi) is 37.0. The normalized spacial score (nSPS) is 11.3. The van der Waals surface area contributed by atoms with Crippen molar-refractivity contribution in [3.05, 3.63) is 0 Å². The van der Waals surface area contributed by atoms with Gasteiger partial charge in [0.25, 0.3) is 0 Å². The SMILES string of the molecule is NC(=O)NCCOCCOCCOCCOCCOCCOCCOCCOCCOCCOCCOCCOCCC(=O)O. The molecule has 0 atom stereocenters. The molecule has 0 bridgehead atoms. The van der Waals surface area contributed by atoms with E-state index in [0.29, 0.717) is 159 Å². The van der Waals surface area contributed by atoms with Crippen LogP contribution in [-0.4, -0.2) is 182 Å². The van der Waals surface area contributed by atoms with Crippen LogP contribution in [-0.2, 0) is 61.6 Å². The van der Waals surface area contributed by atoms with Crippen molar-refractivity contribution in [2.75, 3.05) is 165 Å². The first kappa shape index (κ1) is 43.3. The third-order valence-electron chi connectivity index (χ3n) is 5.10. The number of rotatable bonds is 39. The van der Waals surface area contributed by atoms with Gasteiger partial charge in [0.1, 0.15) is 0 Å². The van der Waals surface area contributed by atoms with Crippen molar-refractivity contribution in [1.82, 2.24) is 5.32 Å². The molecule has 0 heterocycles. The molecule has 45 heavy (non-hydrogen) atoms. The number of amides is 2. The first-order valence-electron chi connectivity index (χ1n) is 15.3. The maximum absolute atomic E-state index is 10.5. The van der Waals surface area contributed by atoms with Gasteiger partial charge in [0, 0.05) is 6.54 Å². The van der Waals surface area contributed by atoms with Gasteiger partial charge in [-0.15, -0.1) is 0 Å². The Balaban J connectivity index is 3.05. The molecule has 0 aromatic carbocycles.